The molecule has 106 valence electrons. The quantitative estimate of drug-likeness (QED) is 0.789. The lowest BCUT2D eigenvalue weighted by molar-refractivity contribution is 0.281. The molecular formula is C15H10BrFN2O2. The van der Waals surface area contributed by atoms with Crippen LogP contribution >= 0.6 is 15.9 Å². The molecule has 0 saturated carbocycles. The first kappa shape index (κ1) is 13.8. The van der Waals surface area contributed by atoms with Gasteiger partial charge in [-0.1, -0.05) is 28.1 Å². The number of H-pyrrole nitrogens is 1. The van der Waals surface area contributed by atoms with Crippen molar-refractivity contribution in [1.82, 2.24) is 9.97 Å². The molecule has 0 unspecified atom stereocenters. The predicted octanol–water partition coefficient (Wildman–Crippen LogP) is 3.40. The number of halogens is 2. The van der Waals surface area contributed by atoms with Crippen LogP contribution in [0.3, 0.4) is 0 Å². The molecule has 0 spiro atoms. The van der Waals surface area contributed by atoms with Crippen LogP contribution in [0.2, 0.25) is 0 Å². The van der Waals surface area contributed by atoms with Crippen molar-refractivity contribution in [1.29, 1.82) is 0 Å². The third-order valence-electron chi connectivity index (χ3n) is 2.92. The number of nitrogens with one attached hydrogen (secondary N) is 1. The van der Waals surface area contributed by atoms with Crippen LogP contribution in [0.25, 0.3) is 10.9 Å². The van der Waals surface area contributed by atoms with Gasteiger partial charge in [0.25, 0.3) is 5.56 Å². The van der Waals surface area contributed by atoms with Gasteiger partial charge >= 0.3 is 0 Å². The number of rotatable bonds is 3. The van der Waals surface area contributed by atoms with E-state index in [4.69, 9.17) is 4.74 Å². The maximum Gasteiger partial charge on any atom is 0.258 e. The fraction of sp³-hybridized carbons (Fsp3) is 0.0667. The molecule has 0 atom stereocenters. The molecule has 0 saturated heterocycles. The van der Waals surface area contributed by atoms with Gasteiger partial charge in [0, 0.05) is 4.47 Å². The monoisotopic (exact) mass is 348 g/mol. The third kappa shape index (κ3) is 2.95. The Bertz CT molecular complexity index is 864. The van der Waals surface area contributed by atoms with E-state index in [1.165, 1.54) is 12.1 Å². The minimum Gasteiger partial charge on any atom is -0.483 e. The van der Waals surface area contributed by atoms with E-state index in [1.807, 2.05) is 0 Å². The summed E-state index contributed by atoms with van der Waals surface area (Å²) in [6.07, 6.45) is 0. The number of benzene rings is 2. The molecule has 0 bridgehead atoms. The van der Waals surface area contributed by atoms with Gasteiger partial charge in [0.1, 0.15) is 12.4 Å². The Morgan fingerprint density at radius 2 is 2.05 bits per heavy atom. The Labute approximate surface area is 127 Å². The zero-order valence-electron chi connectivity index (χ0n) is 10.8. The number of hydrogen-bond acceptors (Lipinski definition) is 3. The van der Waals surface area contributed by atoms with E-state index in [9.17, 15) is 9.18 Å². The zero-order chi connectivity index (χ0) is 14.8. The molecule has 21 heavy (non-hydrogen) atoms. The fourth-order valence-corrected chi connectivity index (χ4v) is 2.27. The summed E-state index contributed by atoms with van der Waals surface area (Å²) in [6, 6.07) is 11.5. The van der Waals surface area contributed by atoms with E-state index >= 15 is 0 Å². The molecule has 0 amide bonds. The van der Waals surface area contributed by atoms with E-state index in [0.717, 1.165) is 0 Å². The highest BCUT2D eigenvalue weighted by molar-refractivity contribution is 9.10. The summed E-state index contributed by atoms with van der Waals surface area (Å²) < 4.78 is 19.6. The van der Waals surface area contributed by atoms with Crippen molar-refractivity contribution in [2.45, 2.75) is 6.61 Å². The zero-order valence-corrected chi connectivity index (χ0v) is 12.4. The highest BCUT2D eigenvalue weighted by atomic mass is 79.9. The summed E-state index contributed by atoms with van der Waals surface area (Å²) in [5.74, 6) is -0.0254. The summed E-state index contributed by atoms with van der Waals surface area (Å²) in [6.45, 7) is -0.0153. The Hall–Kier alpha value is -2.21. The number of para-hydroxylation sites is 1. The number of ether oxygens (including phenoxy) is 1. The van der Waals surface area contributed by atoms with Gasteiger partial charge in [-0.25, -0.2) is 9.37 Å². The molecule has 0 aliphatic heterocycles. The van der Waals surface area contributed by atoms with Gasteiger partial charge in [-0.2, -0.15) is 0 Å². The van der Waals surface area contributed by atoms with Crippen LogP contribution in [0.15, 0.2) is 51.7 Å². The van der Waals surface area contributed by atoms with E-state index in [-0.39, 0.29) is 17.9 Å². The predicted molar refractivity (Wildman–Crippen MR) is 80.8 cm³/mol. The number of hydrogen-bond donors (Lipinski definition) is 1. The molecule has 1 heterocycles. The lowest BCUT2D eigenvalue weighted by Crippen LogP contribution is -2.13. The number of aromatic nitrogens is 2. The van der Waals surface area contributed by atoms with Crippen molar-refractivity contribution in [2.24, 2.45) is 0 Å². The Morgan fingerprint density at radius 3 is 2.86 bits per heavy atom. The Kier molecular flexibility index (Phi) is 3.70. The highest BCUT2D eigenvalue weighted by Crippen LogP contribution is 2.22. The molecule has 4 nitrogen and oxygen atoms in total. The lowest BCUT2D eigenvalue weighted by Gasteiger charge is -2.07. The van der Waals surface area contributed by atoms with Crippen molar-refractivity contribution < 1.29 is 9.13 Å². The molecule has 1 aromatic heterocycles. The SMILES string of the molecule is O=c1[nH]c(COc2ccc(Br)cc2F)nc2ccccc12. The van der Waals surface area contributed by atoms with Crippen LogP contribution in [0.4, 0.5) is 4.39 Å². The molecule has 0 radical (unpaired) electrons. The smallest absolute Gasteiger partial charge is 0.258 e. The number of fused-ring (bicyclic) bond motifs is 1. The topological polar surface area (TPSA) is 55.0 Å². The number of aromatic amines is 1. The maximum atomic E-state index is 13.6. The van der Waals surface area contributed by atoms with Crippen LogP contribution in [0, 0.1) is 5.82 Å². The normalized spacial score (nSPS) is 10.8. The van der Waals surface area contributed by atoms with Crippen molar-refractivity contribution in [3.05, 3.63) is 68.9 Å². The summed E-state index contributed by atoms with van der Waals surface area (Å²) in [4.78, 5) is 18.8. The molecule has 3 rings (SSSR count). The van der Waals surface area contributed by atoms with E-state index in [2.05, 4.69) is 25.9 Å². The summed E-state index contributed by atoms with van der Waals surface area (Å²) in [5.41, 5.74) is 0.339. The molecule has 3 aromatic rings. The van der Waals surface area contributed by atoms with Gasteiger partial charge in [-0.15, -0.1) is 0 Å². The fourth-order valence-electron chi connectivity index (χ4n) is 1.94. The van der Waals surface area contributed by atoms with Crippen LogP contribution in [-0.2, 0) is 6.61 Å². The van der Waals surface area contributed by atoms with Gasteiger partial charge < -0.3 is 9.72 Å². The summed E-state index contributed by atoms with van der Waals surface area (Å²) in [7, 11) is 0. The minimum atomic E-state index is -0.479. The largest absolute Gasteiger partial charge is 0.483 e. The van der Waals surface area contributed by atoms with Gasteiger partial charge in [-0.3, -0.25) is 4.79 Å². The van der Waals surface area contributed by atoms with Crippen LogP contribution in [0.1, 0.15) is 5.82 Å². The molecule has 1 N–H and O–H groups in total. The van der Waals surface area contributed by atoms with Gasteiger partial charge in [0.15, 0.2) is 11.6 Å². The standard InChI is InChI=1S/C15H10BrFN2O2/c16-9-5-6-13(11(17)7-9)21-8-14-18-12-4-2-1-3-10(12)15(20)19-14/h1-7H,8H2,(H,18,19,20). The van der Waals surface area contributed by atoms with E-state index in [1.54, 1.807) is 30.3 Å². The second-order valence-corrected chi connectivity index (χ2v) is 5.31. The minimum absolute atomic E-state index is 0.0153. The highest BCUT2D eigenvalue weighted by Gasteiger charge is 2.07. The maximum absolute atomic E-state index is 13.6. The van der Waals surface area contributed by atoms with E-state index < -0.39 is 5.82 Å². The first-order chi connectivity index (χ1) is 10.1. The molecule has 2 aromatic carbocycles. The summed E-state index contributed by atoms with van der Waals surface area (Å²) >= 11 is 3.17. The molecule has 0 aliphatic carbocycles. The first-order valence-corrected chi connectivity index (χ1v) is 6.98. The van der Waals surface area contributed by atoms with Gasteiger partial charge in [0.05, 0.1) is 10.9 Å². The van der Waals surface area contributed by atoms with Crippen molar-refractivity contribution in [2.75, 3.05) is 0 Å². The number of nitrogens with zero attached hydrogens (tertiary/aromatic N) is 1. The second kappa shape index (κ2) is 5.65. The molecule has 0 fully saturated rings. The molecular weight excluding hydrogens is 339 g/mol. The average Bonchev–Trinajstić information content (AvgIpc) is 2.46. The van der Waals surface area contributed by atoms with Gasteiger partial charge in [0.2, 0.25) is 0 Å². The second-order valence-electron chi connectivity index (χ2n) is 4.39. The van der Waals surface area contributed by atoms with Gasteiger partial charge in [-0.05, 0) is 30.3 Å². The van der Waals surface area contributed by atoms with Crippen molar-refractivity contribution in [3.63, 3.8) is 0 Å². The van der Waals surface area contributed by atoms with E-state index in [0.29, 0.717) is 21.2 Å². The van der Waals surface area contributed by atoms with Crippen LogP contribution < -0.4 is 10.3 Å². The van der Waals surface area contributed by atoms with Crippen LogP contribution in [0.5, 0.6) is 5.75 Å². The van der Waals surface area contributed by atoms with Crippen LogP contribution in [-0.4, -0.2) is 9.97 Å². The Morgan fingerprint density at radius 1 is 1.24 bits per heavy atom. The molecule has 0 aliphatic rings. The molecule has 6 heteroatoms. The average molecular weight is 349 g/mol. The Balaban J connectivity index is 1.87. The van der Waals surface area contributed by atoms with Crippen molar-refractivity contribution in [3.8, 4) is 5.75 Å². The lowest BCUT2D eigenvalue weighted by atomic mass is 10.2. The van der Waals surface area contributed by atoms with Crippen molar-refractivity contribution >= 4 is 26.8 Å². The summed E-state index contributed by atoms with van der Waals surface area (Å²) in [5, 5.41) is 0.510. The first-order valence-electron chi connectivity index (χ1n) is 6.19. The third-order valence-corrected chi connectivity index (χ3v) is 3.41.